The van der Waals surface area contributed by atoms with Gasteiger partial charge in [0.25, 0.3) is 0 Å². The summed E-state index contributed by atoms with van der Waals surface area (Å²) < 4.78 is 34.7. The molecule has 0 bridgehead atoms. The molecule has 5 nitrogen and oxygen atoms in total. The van der Waals surface area contributed by atoms with Gasteiger partial charge < -0.3 is 16.4 Å². The van der Waals surface area contributed by atoms with E-state index in [1.165, 1.54) is 0 Å². The number of carbonyl (C=O) groups excluding carboxylic acids is 1. The fourth-order valence-corrected chi connectivity index (χ4v) is 0.554. The van der Waals surface area contributed by atoms with Crippen LogP contribution in [0.3, 0.4) is 0 Å². The van der Waals surface area contributed by atoms with Crippen molar-refractivity contribution in [3.63, 3.8) is 0 Å². The van der Waals surface area contributed by atoms with Gasteiger partial charge in [-0.25, -0.2) is 4.79 Å². The predicted molar refractivity (Wildman–Crippen MR) is 44.0 cm³/mol. The highest BCUT2D eigenvalue weighted by atomic mass is 19.4. The van der Waals surface area contributed by atoms with Crippen molar-refractivity contribution >= 4 is 11.9 Å². The van der Waals surface area contributed by atoms with Crippen molar-refractivity contribution in [2.24, 2.45) is 5.73 Å². The Bertz CT molecular complexity index is 216. The summed E-state index contributed by atoms with van der Waals surface area (Å²) >= 11 is 0. The van der Waals surface area contributed by atoms with Gasteiger partial charge in [0, 0.05) is 13.0 Å². The fraction of sp³-hybridized carbons (Fsp3) is 0.667. The van der Waals surface area contributed by atoms with E-state index < -0.39 is 18.8 Å². The average molecular weight is 212 g/mol. The second-order valence-corrected chi connectivity index (χ2v) is 2.50. The van der Waals surface area contributed by atoms with Crippen LogP contribution in [-0.2, 0) is 0 Å². The van der Waals surface area contributed by atoms with E-state index in [1.807, 2.05) is 0 Å². The van der Waals surface area contributed by atoms with E-state index in [1.54, 1.807) is 5.32 Å². The summed E-state index contributed by atoms with van der Waals surface area (Å²) in [5.41, 5.74) is 4.95. The van der Waals surface area contributed by atoms with Crippen LogP contribution in [0.25, 0.3) is 0 Å². The highest BCUT2D eigenvalue weighted by molar-refractivity contribution is 5.78. The molecule has 0 aliphatic carbocycles. The molecule has 0 spiro atoms. The van der Waals surface area contributed by atoms with Crippen LogP contribution in [0, 0.1) is 5.41 Å². The summed E-state index contributed by atoms with van der Waals surface area (Å²) in [7, 11) is 0. The minimum Gasteiger partial charge on any atom is -0.388 e. The van der Waals surface area contributed by atoms with Crippen molar-refractivity contribution in [1.82, 2.24) is 10.6 Å². The Morgan fingerprint density at radius 1 is 1.36 bits per heavy atom. The van der Waals surface area contributed by atoms with E-state index in [4.69, 9.17) is 11.1 Å². The third-order valence-corrected chi connectivity index (χ3v) is 1.13. The minimum absolute atomic E-state index is 0.0407. The van der Waals surface area contributed by atoms with Crippen LogP contribution in [0.5, 0.6) is 0 Å². The van der Waals surface area contributed by atoms with Crippen LogP contribution in [0.2, 0.25) is 0 Å². The number of alkyl halides is 3. The van der Waals surface area contributed by atoms with Crippen molar-refractivity contribution < 1.29 is 18.0 Å². The van der Waals surface area contributed by atoms with Gasteiger partial charge in [-0.2, -0.15) is 13.2 Å². The third kappa shape index (κ3) is 8.62. The topological polar surface area (TPSA) is 91.0 Å². The van der Waals surface area contributed by atoms with Crippen LogP contribution in [0.4, 0.5) is 18.0 Å². The second-order valence-electron chi connectivity index (χ2n) is 2.50. The molecule has 0 radical (unpaired) electrons. The van der Waals surface area contributed by atoms with Crippen molar-refractivity contribution in [2.75, 3.05) is 13.1 Å². The molecule has 0 aromatic carbocycles. The van der Waals surface area contributed by atoms with Crippen LogP contribution in [0.15, 0.2) is 0 Å². The first kappa shape index (κ1) is 12.5. The van der Waals surface area contributed by atoms with E-state index in [0.29, 0.717) is 0 Å². The average Bonchev–Trinajstić information content (AvgIpc) is 1.99. The molecule has 8 heteroatoms. The molecule has 5 N–H and O–H groups in total. The molecule has 0 aromatic rings. The molecule has 14 heavy (non-hydrogen) atoms. The smallest absolute Gasteiger partial charge is 0.388 e. The molecule has 0 unspecified atom stereocenters. The largest absolute Gasteiger partial charge is 0.405 e. The minimum atomic E-state index is -4.42. The van der Waals surface area contributed by atoms with Crippen molar-refractivity contribution in [3.8, 4) is 0 Å². The summed E-state index contributed by atoms with van der Waals surface area (Å²) in [6.07, 6.45) is -4.31. The Kier molecular flexibility index (Phi) is 4.74. The lowest BCUT2D eigenvalue weighted by atomic mass is 10.4. The number of nitrogens with one attached hydrogen (secondary N) is 3. The van der Waals surface area contributed by atoms with Crippen LogP contribution in [0.1, 0.15) is 6.42 Å². The van der Waals surface area contributed by atoms with Gasteiger partial charge >= 0.3 is 12.2 Å². The van der Waals surface area contributed by atoms with E-state index in [0.717, 1.165) is 0 Å². The Labute approximate surface area is 78.3 Å². The molecule has 0 rings (SSSR count). The number of carbonyl (C=O) groups is 1. The zero-order chi connectivity index (χ0) is 11.2. The zero-order valence-corrected chi connectivity index (χ0v) is 7.24. The lowest BCUT2D eigenvalue weighted by Crippen LogP contribution is -2.41. The molecule has 0 fully saturated rings. The van der Waals surface area contributed by atoms with E-state index >= 15 is 0 Å². The van der Waals surface area contributed by atoms with Gasteiger partial charge in [0.1, 0.15) is 6.54 Å². The predicted octanol–water partition coefficient (Wildman–Crippen LogP) is 0.174. The van der Waals surface area contributed by atoms with Gasteiger partial charge in [-0.3, -0.25) is 5.41 Å². The summed E-state index contributed by atoms with van der Waals surface area (Å²) in [6.45, 7) is -1.34. The van der Waals surface area contributed by atoms with E-state index in [9.17, 15) is 18.0 Å². The maximum Gasteiger partial charge on any atom is 0.405 e. The number of rotatable bonds is 4. The molecule has 0 saturated carbocycles. The zero-order valence-electron chi connectivity index (χ0n) is 7.24. The highest BCUT2D eigenvalue weighted by Gasteiger charge is 2.27. The Morgan fingerprint density at radius 3 is 2.36 bits per heavy atom. The summed E-state index contributed by atoms with van der Waals surface area (Å²) in [5, 5.41) is 10.5. The maximum absolute atomic E-state index is 11.6. The monoisotopic (exact) mass is 212 g/mol. The number of halogens is 3. The van der Waals surface area contributed by atoms with Crippen LogP contribution in [-0.4, -0.2) is 31.1 Å². The van der Waals surface area contributed by atoms with E-state index in [2.05, 4.69) is 5.32 Å². The first-order valence-electron chi connectivity index (χ1n) is 3.72. The van der Waals surface area contributed by atoms with Gasteiger partial charge in [0.2, 0.25) is 0 Å². The van der Waals surface area contributed by atoms with Gasteiger partial charge in [0.05, 0.1) is 5.84 Å². The summed E-state index contributed by atoms with van der Waals surface area (Å²) in [6, 6.07) is -0.927. The van der Waals surface area contributed by atoms with Crippen molar-refractivity contribution in [3.05, 3.63) is 0 Å². The van der Waals surface area contributed by atoms with Crippen LogP contribution >= 0.6 is 0 Å². The number of nitrogens with two attached hydrogens (primary N) is 1. The second kappa shape index (κ2) is 5.30. The quantitative estimate of drug-likeness (QED) is 0.395. The lowest BCUT2D eigenvalue weighted by Gasteiger charge is -2.09. The molecule has 0 aliphatic heterocycles. The van der Waals surface area contributed by atoms with Gasteiger partial charge in [-0.05, 0) is 0 Å². The Balaban J connectivity index is 3.52. The molecule has 0 aliphatic rings. The molecule has 0 saturated heterocycles. The van der Waals surface area contributed by atoms with Crippen molar-refractivity contribution in [1.29, 1.82) is 5.41 Å². The molecule has 2 amide bonds. The number of amidine groups is 1. The molecular weight excluding hydrogens is 201 g/mol. The van der Waals surface area contributed by atoms with Gasteiger partial charge in [-0.15, -0.1) is 0 Å². The highest BCUT2D eigenvalue weighted by Crippen LogP contribution is 2.11. The maximum atomic E-state index is 11.6. The van der Waals surface area contributed by atoms with Crippen molar-refractivity contribution in [2.45, 2.75) is 12.6 Å². The number of urea groups is 1. The van der Waals surface area contributed by atoms with Gasteiger partial charge in [-0.1, -0.05) is 0 Å². The first-order chi connectivity index (χ1) is 6.31. The summed E-state index contributed by atoms with van der Waals surface area (Å²) in [5.74, 6) is -0.138. The standard InChI is InChI=1S/C6H11F3N4O/c7-6(8,9)3-13-5(14)12-2-1-4(10)11/h1-3H2,(H3,10,11)(H2,12,13,14). The SMILES string of the molecule is N=C(N)CCNC(=O)NCC(F)(F)F. The van der Waals surface area contributed by atoms with Gasteiger partial charge in [0.15, 0.2) is 0 Å². The lowest BCUT2D eigenvalue weighted by molar-refractivity contribution is -0.122. The van der Waals surface area contributed by atoms with E-state index in [-0.39, 0.29) is 18.8 Å². The third-order valence-electron chi connectivity index (χ3n) is 1.13. The molecule has 0 aromatic heterocycles. The van der Waals surface area contributed by atoms with Crippen LogP contribution < -0.4 is 16.4 Å². The number of hydrogen-bond donors (Lipinski definition) is 4. The Hall–Kier alpha value is -1.47. The number of hydrogen-bond acceptors (Lipinski definition) is 2. The number of amides is 2. The molecule has 82 valence electrons. The first-order valence-corrected chi connectivity index (χ1v) is 3.72. The molecular formula is C6H11F3N4O. The fourth-order valence-electron chi connectivity index (χ4n) is 0.554. The summed E-state index contributed by atoms with van der Waals surface area (Å²) in [4.78, 5) is 10.6. The molecule has 0 heterocycles. The molecule has 0 atom stereocenters. The normalized spacial score (nSPS) is 10.8. The Morgan fingerprint density at radius 2 is 1.93 bits per heavy atom.